The van der Waals surface area contributed by atoms with Gasteiger partial charge in [0.25, 0.3) is 0 Å². The summed E-state index contributed by atoms with van der Waals surface area (Å²) in [6.45, 7) is 7.02. The highest BCUT2D eigenvalue weighted by Gasteiger charge is 2.41. The van der Waals surface area contributed by atoms with Crippen LogP contribution in [0.5, 0.6) is 0 Å². The number of para-hydroxylation sites is 3. The number of hydrogen-bond acceptors (Lipinski definition) is 2. The van der Waals surface area contributed by atoms with Crippen LogP contribution in [0, 0.1) is 5.92 Å². The number of fused-ring (bicyclic) bond motifs is 8. The fourth-order valence-electron chi connectivity index (χ4n) is 8.94. The molecule has 0 saturated carbocycles. The highest BCUT2D eigenvalue weighted by atomic mass is 16.3. The summed E-state index contributed by atoms with van der Waals surface area (Å²) in [5, 5.41) is 4.77. The third-order valence-electron chi connectivity index (χ3n) is 11.5. The molecule has 0 N–H and O–H groups in total. The molecule has 1 spiro atoms. The van der Waals surface area contributed by atoms with Crippen LogP contribution < -0.4 is 4.90 Å². The van der Waals surface area contributed by atoms with Gasteiger partial charge in [-0.25, -0.2) is 0 Å². The SMILES string of the molecule is C=C1/C=C\C=C(\N(c2ccc(-n3c4ccccc4c4ccccc43)cc2)c2ccc3c(c2)oc2ccccc23)Cc2ccccc2C12C=CCC2C. The van der Waals surface area contributed by atoms with Crippen LogP contribution in [0.3, 0.4) is 0 Å². The van der Waals surface area contributed by atoms with Crippen LogP contribution in [0.2, 0.25) is 0 Å². The third kappa shape index (κ3) is 4.59. The minimum Gasteiger partial charge on any atom is -0.456 e. The molecule has 2 atom stereocenters. The molecule has 0 bridgehead atoms. The fourth-order valence-corrected chi connectivity index (χ4v) is 8.94. The molecule has 8 aromatic rings. The van der Waals surface area contributed by atoms with Crippen LogP contribution >= 0.6 is 0 Å². The number of furan rings is 1. The van der Waals surface area contributed by atoms with Gasteiger partial charge in [-0.1, -0.05) is 117 Å². The van der Waals surface area contributed by atoms with Crippen molar-refractivity contribution in [2.75, 3.05) is 4.90 Å². The van der Waals surface area contributed by atoms with Crippen molar-refractivity contribution < 1.29 is 4.42 Å². The summed E-state index contributed by atoms with van der Waals surface area (Å²) in [5.74, 6) is 0.423. The molecule has 6 aromatic carbocycles. The van der Waals surface area contributed by atoms with Crippen molar-refractivity contribution in [1.82, 2.24) is 4.57 Å². The molecule has 0 amide bonds. The van der Waals surface area contributed by atoms with Crippen molar-refractivity contribution in [3.8, 4) is 5.69 Å². The number of rotatable bonds is 4. The predicted octanol–water partition coefficient (Wildman–Crippen LogP) is 12.9. The van der Waals surface area contributed by atoms with Gasteiger partial charge in [-0.3, -0.25) is 0 Å². The zero-order chi connectivity index (χ0) is 34.8. The van der Waals surface area contributed by atoms with Crippen LogP contribution in [-0.4, -0.2) is 4.57 Å². The molecule has 0 fully saturated rings. The molecule has 3 heteroatoms. The summed E-state index contributed by atoms with van der Waals surface area (Å²) in [4.78, 5) is 2.40. The van der Waals surface area contributed by atoms with E-state index in [1.807, 2.05) is 12.1 Å². The highest BCUT2D eigenvalue weighted by Crippen LogP contribution is 2.49. The smallest absolute Gasteiger partial charge is 0.137 e. The fraction of sp³-hybridized carbons (Fsp3) is 0.102. The Labute approximate surface area is 303 Å². The lowest BCUT2D eigenvalue weighted by atomic mass is 9.67. The van der Waals surface area contributed by atoms with E-state index in [2.05, 4.69) is 181 Å². The van der Waals surface area contributed by atoms with Crippen molar-refractivity contribution in [3.05, 3.63) is 199 Å². The van der Waals surface area contributed by atoms with E-state index in [1.165, 1.54) is 38.6 Å². The number of aromatic nitrogens is 1. The zero-order valence-electron chi connectivity index (χ0n) is 29.2. The van der Waals surface area contributed by atoms with Gasteiger partial charge in [-0.15, -0.1) is 0 Å². The first-order valence-electron chi connectivity index (χ1n) is 18.2. The zero-order valence-corrected chi connectivity index (χ0v) is 29.2. The summed E-state index contributed by atoms with van der Waals surface area (Å²) < 4.78 is 8.82. The number of nitrogens with zero attached hydrogens (tertiary/aromatic N) is 2. The normalized spacial score (nSPS) is 20.2. The van der Waals surface area contributed by atoms with E-state index in [4.69, 9.17) is 4.42 Å². The maximum absolute atomic E-state index is 6.44. The monoisotopic (exact) mass is 670 g/mol. The van der Waals surface area contributed by atoms with Gasteiger partial charge in [0.2, 0.25) is 0 Å². The Morgan fingerprint density at radius 2 is 1.35 bits per heavy atom. The second kappa shape index (κ2) is 11.9. The van der Waals surface area contributed by atoms with E-state index in [9.17, 15) is 0 Å². The van der Waals surface area contributed by atoms with Crippen molar-refractivity contribution in [1.29, 1.82) is 0 Å². The second-order valence-electron chi connectivity index (χ2n) is 14.3. The summed E-state index contributed by atoms with van der Waals surface area (Å²) in [7, 11) is 0. The Kier molecular flexibility index (Phi) is 6.97. The first kappa shape index (κ1) is 30.5. The lowest BCUT2D eigenvalue weighted by molar-refractivity contribution is 0.447. The van der Waals surface area contributed by atoms with Gasteiger partial charge >= 0.3 is 0 Å². The molecule has 3 nitrogen and oxygen atoms in total. The quantitative estimate of drug-likeness (QED) is 0.174. The van der Waals surface area contributed by atoms with E-state index >= 15 is 0 Å². The molecular formula is C49H38N2O. The van der Waals surface area contributed by atoms with Crippen LogP contribution in [0.1, 0.15) is 24.5 Å². The Morgan fingerprint density at radius 1 is 0.692 bits per heavy atom. The standard InChI is InChI=1S/C49H38N2O/c1-33-13-11-16-38(31-35-15-3-7-20-44(35)49(33)30-12-14-34(49)2)50(39-28-29-43-42-19-6-10-23-47(42)52-48(43)32-39)36-24-26-37(27-25-36)51-45-21-8-4-17-40(45)41-18-5-9-22-46(41)51/h3-13,15-30,32,34H,1,14,31H2,2H3/b13-11-,38-16+. The number of allylic oxidation sites excluding steroid dienone is 7. The van der Waals surface area contributed by atoms with Crippen LogP contribution in [-0.2, 0) is 11.8 Å². The maximum Gasteiger partial charge on any atom is 0.137 e. The molecule has 2 aliphatic carbocycles. The molecule has 0 radical (unpaired) electrons. The minimum absolute atomic E-state index is 0.224. The average Bonchev–Trinajstić information content (AvgIpc) is 3.87. The third-order valence-corrected chi connectivity index (χ3v) is 11.5. The number of hydrogen-bond donors (Lipinski definition) is 0. The molecule has 0 aliphatic heterocycles. The van der Waals surface area contributed by atoms with Crippen molar-refractivity contribution in [3.63, 3.8) is 0 Å². The Morgan fingerprint density at radius 3 is 2.10 bits per heavy atom. The lowest BCUT2D eigenvalue weighted by Crippen LogP contribution is -2.31. The number of anilines is 2. The minimum atomic E-state index is -0.224. The second-order valence-corrected chi connectivity index (χ2v) is 14.3. The Hall–Kier alpha value is -6.32. The van der Waals surface area contributed by atoms with E-state index < -0.39 is 0 Å². The Bertz CT molecular complexity index is 2740. The molecule has 2 aromatic heterocycles. The molecular weight excluding hydrogens is 633 g/mol. The largest absolute Gasteiger partial charge is 0.456 e. The van der Waals surface area contributed by atoms with E-state index in [0.29, 0.717) is 5.92 Å². The van der Waals surface area contributed by atoms with Gasteiger partial charge in [-0.2, -0.15) is 0 Å². The first-order valence-corrected chi connectivity index (χ1v) is 18.2. The summed E-state index contributed by atoms with van der Waals surface area (Å²) in [6.07, 6.45) is 13.2. The van der Waals surface area contributed by atoms with Gasteiger partial charge in [-0.05, 0) is 89.7 Å². The molecule has 0 saturated heterocycles. The van der Waals surface area contributed by atoms with Crippen molar-refractivity contribution in [2.45, 2.75) is 25.2 Å². The lowest BCUT2D eigenvalue weighted by Gasteiger charge is -2.36. The van der Waals surface area contributed by atoms with Crippen LogP contribution in [0.4, 0.5) is 11.4 Å². The Balaban J connectivity index is 1.15. The molecule has 52 heavy (non-hydrogen) atoms. The predicted molar refractivity (Wildman–Crippen MR) is 218 cm³/mol. The maximum atomic E-state index is 6.44. The molecule has 2 unspecified atom stereocenters. The van der Waals surface area contributed by atoms with Crippen molar-refractivity contribution >= 4 is 55.1 Å². The number of benzene rings is 6. The molecule has 10 rings (SSSR count). The van der Waals surface area contributed by atoms with E-state index in [1.54, 1.807) is 0 Å². The molecule has 2 aliphatic rings. The van der Waals surface area contributed by atoms with Gasteiger partial charge in [0.05, 0.1) is 11.0 Å². The summed E-state index contributed by atoms with van der Waals surface area (Å²) >= 11 is 0. The highest BCUT2D eigenvalue weighted by molar-refractivity contribution is 6.09. The van der Waals surface area contributed by atoms with E-state index in [-0.39, 0.29) is 5.41 Å². The van der Waals surface area contributed by atoms with Gasteiger partial charge in [0, 0.05) is 62.2 Å². The molecule has 2 heterocycles. The average molecular weight is 671 g/mol. The first-order chi connectivity index (χ1) is 25.6. The van der Waals surface area contributed by atoms with Crippen molar-refractivity contribution in [2.24, 2.45) is 5.92 Å². The van der Waals surface area contributed by atoms with Gasteiger partial charge < -0.3 is 13.9 Å². The van der Waals surface area contributed by atoms with Crippen LogP contribution in [0.15, 0.2) is 192 Å². The van der Waals surface area contributed by atoms with Crippen LogP contribution in [0.25, 0.3) is 49.4 Å². The topological polar surface area (TPSA) is 21.3 Å². The summed E-state index contributed by atoms with van der Waals surface area (Å²) in [6, 6.07) is 50.3. The van der Waals surface area contributed by atoms with Gasteiger partial charge in [0.15, 0.2) is 0 Å². The van der Waals surface area contributed by atoms with E-state index in [0.717, 1.165) is 57.4 Å². The molecule has 250 valence electrons. The van der Waals surface area contributed by atoms with Gasteiger partial charge in [0.1, 0.15) is 11.2 Å². The summed E-state index contributed by atoms with van der Waals surface area (Å²) in [5.41, 5.74) is 12.2.